The van der Waals surface area contributed by atoms with E-state index in [1.54, 1.807) is 17.0 Å². The van der Waals surface area contributed by atoms with Crippen molar-refractivity contribution in [2.45, 2.75) is 71.5 Å². The zero-order valence-corrected chi connectivity index (χ0v) is 27.5. The van der Waals surface area contributed by atoms with Gasteiger partial charge in [0, 0.05) is 35.9 Å². The molecule has 0 aromatic heterocycles. The number of anilines is 1. The van der Waals surface area contributed by atoms with Crippen molar-refractivity contribution in [2.24, 2.45) is 0 Å². The Hall–Kier alpha value is -3.17. The number of benzene rings is 3. The van der Waals surface area contributed by atoms with Crippen LogP contribution in [0, 0.1) is 0 Å². The van der Waals surface area contributed by atoms with Gasteiger partial charge in [0.05, 0.1) is 11.9 Å². The summed E-state index contributed by atoms with van der Waals surface area (Å²) in [6.45, 7) is 8.19. The van der Waals surface area contributed by atoms with Crippen LogP contribution in [-0.2, 0) is 39.0 Å². The van der Waals surface area contributed by atoms with Gasteiger partial charge in [-0.1, -0.05) is 77.5 Å². The summed E-state index contributed by atoms with van der Waals surface area (Å²) in [6, 6.07) is 24.0. The van der Waals surface area contributed by atoms with Gasteiger partial charge in [0.2, 0.25) is 21.8 Å². The summed E-state index contributed by atoms with van der Waals surface area (Å²) in [7, 11) is -3.56. The maximum atomic E-state index is 13.9. The van der Waals surface area contributed by atoms with Crippen LogP contribution in [0.25, 0.3) is 0 Å². The van der Waals surface area contributed by atoms with Crippen molar-refractivity contribution in [3.8, 4) is 0 Å². The van der Waals surface area contributed by atoms with Crippen molar-refractivity contribution in [1.82, 2.24) is 10.2 Å². The van der Waals surface area contributed by atoms with Gasteiger partial charge in [0.25, 0.3) is 0 Å². The number of rotatable bonds is 13. The predicted molar refractivity (Wildman–Crippen MR) is 174 cm³/mol. The van der Waals surface area contributed by atoms with E-state index in [4.69, 9.17) is 0 Å². The number of sulfonamides is 1. The largest absolute Gasteiger partial charge is 0.350 e. The number of nitrogens with one attached hydrogen (secondary N) is 1. The summed E-state index contributed by atoms with van der Waals surface area (Å²) < 4.78 is 27.6. The van der Waals surface area contributed by atoms with Gasteiger partial charge in [-0.3, -0.25) is 13.9 Å². The Kier molecular flexibility index (Phi) is 11.8. The molecule has 7 nitrogen and oxygen atoms in total. The maximum absolute atomic E-state index is 13.9. The Labute approximate surface area is 259 Å². The van der Waals surface area contributed by atoms with Crippen molar-refractivity contribution in [2.75, 3.05) is 17.1 Å². The molecule has 1 N–H and O–H groups in total. The standard InChI is InChI=1S/C33H42BrN3O4S/c1-6-25-16-20-29(21-17-25)37(42(5,40)41)22-10-13-31(38)36(24-27-14-18-28(34)19-15-27)30(32(39)35-33(2,3)4)23-26-11-8-7-9-12-26/h7-9,11-12,14-21,30H,6,10,13,22-24H2,1-5H3,(H,35,39). The number of hydrogen-bond acceptors (Lipinski definition) is 4. The molecule has 1 atom stereocenters. The van der Waals surface area contributed by atoms with E-state index in [0.717, 1.165) is 27.6 Å². The van der Waals surface area contributed by atoms with Gasteiger partial charge < -0.3 is 10.2 Å². The van der Waals surface area contributed by atoms with Gasteiger partial charge in [0.15, 0.2) is 0 Å². The van der Waals surface area contributed by atoms with Gasteiger partial charge in [0.1, 0.15) is 6.04 Å². The van der Waals surface area contributed by atoms with Gasteiger partial charge in [-0.2, -0.15) is 0 Å². The fourth-order valence-electron chi connectivity index (χ4n) is 4.70. The predicted octanol–water partition coefficient (Wildman–Crippen LogP) is 6.11. The maximum Gasteiger partial charge on any atom is 0.243 e. The van der Waals surface area contributed by atoms with Crippen LogP contribution in [0.3, 0.4) is 0 Å². The smallest absolute Gasteiger partial charge is 0.243 e. The molecule has 0 bridgehead atoms. The first-order valence-electron chi connectivity index (χ1n) is 14.2. The fraction of sp³-hybridized carbons (Fsp3) is 0.394. The summed E-state index contributed by atoms with van der Waals surface area (Å²) in [4.78, 5) is 29.3. The fourth-order valence-corrected chi connectivity index (χ4v) is 5.92. The lowest BCUT2D eigenvalue weighted by molar-refractivity contribution is -0.142. The van der Waals surface area contributed by atoms with Crippen LogP contribution in [0.1, 0.15) is 57.2 Å². The average Bonchev–Trinajstić information content (AvgIpc) is 2.93. The minimum Gasteiger partial charge on any atom is -0.350 e. The molecule has 0 saturated heterocycles. The van der Waals surface area contributed by atoms with E-state index in [2.05, 4.69) is 21.2 Å². The summed E-state index contributed by atoms with van der Waals surface area (Å²) in [5.74, 6) is -0.441. The van der Waals surface area contributed by atoms with Crippen molar-refractivity contribution in [3.05, 3.63) is 100 Å². The van der Waals surface area contributed by atoms with Crippen LogP contribution in [0.5, 0.6) is 0 Å². The molecule has 0 radical (unpaired) electrons. The van der Waals surface area contributed by atoms with Gasteiger partial charge in [-0.15, -0.1) is 0 Å². The monoisotopic (exact) mass is 655 g/mol. The number of carbonyl (C=O) groups is 2. The second kappa shape index (κ2) is 14.8. The van der Waals surface area contributed by atoms with Crippen LogP contribution >= 0.6 is 15.9 Å². The second-order valence-corrected chi connectivity index (χ2v) is 14.4. The zero-order valence-electron chi connectivity index (χ0n) is 25.1. The Morgan fingerprint density at radius 1 is 0.881 bits per heavy atom. The minimum atomic E-state index is -3.56. The van der Waals surface area contributed by atoms with E-state index in [0.29, 0.717) is 18.5 Å². The van der Waals surface area contributed by atoms with Crippen LogP contribution < -0.4 is 9.62 Å². The number of amides is 2. The van der Waals surface area contributed by atoms with Crippen molar-refractivity contribution < 1.29 is 18.0 Å². The average molecular weight is 657 g/mol. The quantitative estimate of drug-likeness (QED) is 0.241. The highest BCUT2D eigenvalue weighted by Crippen LogP contribution is 2.22. The Morgan fingerprint density at radius 2 is 1.48 bits per heavy atom. The van der Waals surface area contributed by atoms with E-state index in [9.17, 15) is 18.0 Å². The molecule has 3 rings (SSSR count). The summed E-state index contributed by atoms with van der Waals surface area (Å²) in [5, 5.41) is 3.07. The minimum absolute atomic E-state index is 0.0870. The molecule has 0 aliphatic rings. The van der Waals surface area contributed by atoms with E-state index in [1.807, 2.05) is 94.4 Å². The number of hydrogen-bond donors (Lipinski definition) is 1. The lowest BCUT2D eigenvalue weighted by Gasteiger charge is -2.34. The first kappa shape index (κ1) is 33.3. The summed E-state index contributed by atoms with van der Waals surface area (Å²) >= 11 is 3.46. The number of aryl methyl sites for hydroxylation is 1. The van der Waals surface area contributed by atoms with Crippen LogP contribution in [0.2, 0.25) is 0 Å². The lowest BCUT2D eigenvalue weighted by Crippen LogP contribution is -2.54. The third-order valence-corrected chi connectivity index (χ3v) is 8.54. The molecule has 3 aromatic rings. The topological polar surface area (TPSA) is 86.8 Å². The Balaban J connectivity index is 1.88. The zero-order chi connectivity index (χ0) is 30.9. The van der Waals surface area contributed by atoms with E-state index >= 15 is 0 Å². The van der Waals surface area contributed by atoms with Gasteiger partial charge in [-0.25, -0.2) is 8.42 Å². The molecule has 0 spiro atoms. The molecule has 0 aliphatic carbocycles. The molecule has 0 fully saturated rings. The summed E-state index contributed by atoms with van der Waals surface area (Å²) in [5.41, 5.74) is 3.03. The molecule has 3 aromatic carbocycles. The van der Waals surface area contributed by atoms with Crippen molar-refractivity contribution in [1.29, 1.82) is 0 Å². The third kappa shape index (κ3) is 10.3. The molecule has 226 valence electrons. The molecule has 42 heavy (non-hydrogen) atoms. The molecular formula is C33H42BrN3O4S. The van der Waals surface area contributed by atoms with E-state index in [1.165, 1.54) is 10.6 Å². The molecule has 1 unspecified atom stereocenters. The van der Waals surface area contributed by atoms with Crippen LogP contribution in [0.4, 0.5) is 5.69 Å². The first-order chi connectivity index (χ1) is 19.8. The van der Waals surface area contributed by atoms with E-state index < -0.39 is 21.6 Å². The molecule has 9 heteroatoms. The van der Waals surface area contributed by atoms with Gasteiger partial charge in [-0.05, 0) is 74.6 Å². The summed E-state index contributed by atoms with van der Waals surface area (Å²) in [6.07, 6.45) is 2.77. The van der Waals surface area contributed by atoms with Crippen molar-refractivity contribution >= 4 is 43.5 Å². The lowest BCUT2D eigenvalue weighted by atomic mass is 10.00. The van der Waals surface area contributed by atoms with Crippen LogP contribution in [-0.4, -0.2) is 49.5 Å². The first-order valence-corrected chi connectivity index (χ1v) is 16.9. The SMILES string of the molecule is CCc1ccc(N(CCCC(=O)N(Cc2ccc(Br)cc2)C(Cc2ccccc2)C(=O)NC(C)(C)C)S(C)(=O)=O)cc1. The van der Waals surface area contributed by atoms with E-state index in [-0.39, 0.29) is 31.3 Å². The highest BCUT2D eigenvalue weighted by Gasteiger charge is 2.32. The molecular weight excluding hydrogens is 614 g/mol. The van der Waals surface area contributed by atoms with Crippen LogP contribution in [0.15, 0.2) is 83.3 Å². The molecule has 2 amide bonds. The Morgan fingerprint density at radius 3 is 2.02 bits per heavy atom. The second-order valence-electron chi connectivity index (χ2n) is 11.6. The molecule has 0 aliphatic heterocycles. The Bertz CT molecular complexity index is 1420. The van der Waals surface area contributed by atoms with Gasteiger partial charge >= 0.3 is 0 Å². The van der Waals surface area contributed by atoms with Crippen molar-refractivity contribution in [3.63, 3.8) is 0 Å². The highest BCUT2D eigenvalue weighted by molar-refractivity contribution is 9.10. The highest BCUT2D eigenvalue weighted by atomic mass is 79.9. The molecule has 0 saturated carbocycles. The normalized spacial score (nSPS) is 12.4. The number of halogens is 1. The number of carbonyl (C=O) groups excluding carboxylic acids is 2. The number of nitrogens with zero attached hydrogens (tertiary/aromatic N) is 2. The molecule has 0 heterocycles. The third-order valence-electron chi connectivity index (χ3n) is 6.82.